The summed E-state index contributed by atoms with van der Waals surface area (Å²) in [6.07, 6.45) is 3.61. The highest BCUT2D eigenvalue weighted by atomic mass is 79.9. The molecular formula is C17H23BrN2O. The van der Waals surface area contributed by atoms with Gasteiger partial charge in [-0.3, -0.25) is 0 Å². The Bertz CT molecular complexity index is 554. The van der Waals surface area contributed by atoms with Crippen molar-refractivity contribution in [2.75, 3.05) is 11.4 Å². The third-order valence-electron chi connectivity index (χ3n) is 3.72. The summed E-state index contributed by atoms with van der Waals surface area (Å²) in [5.41, 5.74) is 8.50. The molecule has 2 rings (SSSR count). The predicted molar refractivity (Wildman–Crippen MR) is 91.5 cm³/mol. The van der Waals surface area contributed by atoms with Crippen molar-refractivity contribution >= 4 is 21.6 Å². The molecule has 2 aromatic rings. The maximum absolute atomic E-state index is 6.04. The predicted octanol–water partition coefficient (Wildman–Crippen LogP) is 4.35. The van der Waals surface area contributed by atoms with Gasteiger partial charge in [-0.25, -0.2) is 0 Å². The summed E-state index contributed by atoms with van der Waals surface area (Å²) in [4.78, 5) is 2.28. The van der Waals surface area contributed by atoms with E-state index in [2.05, 4.69) is 52.9 Å². The van der Waals surface area contributed by atoms with Crippen LogP contribution in [0.2, 0.25) is 0 Å². The Kier molecular flexibility index (Phi) is 5.88. The first-order valence-corrected chi connectivity index (χ1v) is 8.24. The molecule has 0 saturated heterocycles. The van der Waals surface area contributed by atoms with Crippen molar-refractivity contribution in [3.63, 3.8) is 0 Å². The van der Waals surface area contributed by atoms with Gasteiger partial charge in [0.25, 0.3) is 0 Å². The first-order valence-electron chi connectivity index (χ1n) is 7.45. The largest absolute Gasteiger partial charge is 0.467 e. The molecule has 0 saturated carbocycles. The average molecular weight is 351 g/mol. The highest BCUT2D eigenvalue weighted by molar-refractivity contribution is 9.10. The Morgan fingerprint density at radius 2 is 2.10 bits per heavy atom. The molecule has 2 N–H and O–H groups in total. The zero-order valence-electron chi connectivity index (χ0n) is 12.7. The van der Waals surface area contributed by atoms with Crippen LogP contribution in [-0.4, -0.2) is 12.6 Å². The van der Waals surface area contributed by atoms with Crippen molar-refractivity contribution in [1.29, 1.82) is 0 Å². The summed E-state index contributed by atoms with van der Waals surface area (Å²) in [6, 6.07) is 10.6. The van der Waals surface area contributed by atoms with Gasteiger partial charge in [-0.1, -0.05) is 28.9 Å². The van der Waals surface area contributed by atoms with Crippen LogP contribution < -0.4 is 10.6 Å². The zero-order valence-corrected chi connectivity index (χ0v) is 14.3. The van der Waals surface area contributed by atoms with E-state index >= 15 is 0 Å². The highest BCUT2D eigenvalue weighted by Gasteiger charge is 2.11. The molecule has 3 nitrogen and oxygen atoms in total. The monoisotopic (exact) mass is 350 g/mol. The molecule has 0 aliphatic carbocycles. The van der Waals surface area contributed by atoms with Gasteiger partial charge >= 0.3 is 0 Å². The molecule has 0 fully saturated rings. The molecule has 0 spiro atoms. The van der Waals surface area contributed by atoms with Gasteiger partial charge in [0.2, 0.25) is 0 Å². The molecule has 0 aliphatic heterocycles. The lowest BCUT2D eigenvalue weighted by Crippen LogP contribution is -2.23. The number of hydrogen-bond donors (Lipinski definition) is 1. The van der Waals surface area contributed by atoms with E-state index < -0.39 is 0 Å². The van der Waals surface area contributed by atoms with Crippen LogP contribution >= 0.6 is 15.9 Å². The van der Waals surface area contributed by atoms with Gasteiger partial charge in [-0.2, -0.15) is 0 Å². The van der Waals surface area contributed by atoms with Gasteiger partial charge in [-0.15, -0.1) is 0 Å². The maximum atomic E-state index is 6.04. The standard InChI is InChI=1S/C17H23BrN2O/c1-3-14(19)10-13-7-8-15(11-17(13)18)20(4-2)12-16-6-5-9-21-16/h5-9,11,14H,3-4,10,12,19H2,1-2H3. The van der Waals surface area contributed by atoms with E-state index in [0.29, 0.717) is 0 Å². The molecule has 0 bridgehead atoms. The number of anilines is 1. The van der Waals surface area contributed by atoms with Gasteiger partial charge in [0.15, 0.2) is 0 Å². The quantitative estimate of drug-likeness (QED) is 0.807. The van der Waals surface area contributed by atoms with Crippen molar-refractivity contribution in [2.24, 2.45) is 5.73 Å². The molecule has 1 aromatic heterocycles. The lowest BCUT2D eigenvalue weighted by Gasteiger charge is -2.23. The van der Waals surface area contributed by atoms with Crippen molar-refractivity contribution in [1.82, 2.24) is 0 Å². The third-order valence-corrected chi connectivity index (χ3v) is 4.46. The normalized spacial score (nSPS) is 12.4. The van der Waals surface area contributed by atoms with E-state index in [1.165, 1.54) is 11.3 Å². The molecule has 1 unspecified atom stereocenters. The lowest BCUT2D eigenvalue weighted by atomic mass is 10.0. The lowest BCUT2D eigenvalue weighted by molar-refractivity contribution is 0.503. The van der Waals surface area contributed by atoms with Crippen LogP contribution in [0.4, 0.5) is 5.69 Å². The minimum atomic E-state index is 0.220. The summed E-state index contributed by atoms with van der Waals surface area (Å²) in [7, 11) is 0. The molecular weight excluding hydrogens is 328 g/mol. The third kappa shape index (κ3) is 4.35. The van der Waals surface area contributed by atoms with E-state index in [0.717, 1.165) is 36.2 Å². The van der Waals surface area contributed by atoms with Crippen LogP contribution in [0.15, 0.2) is 45.5 Å². The number of nitrogens with two attached hydrogens (primary N) is 1. The van der Waals surface area contributed by atoms with Crippen LogP contribution in [0, 0.1) is 0 Å². The molecule has 114 valence electrons. The van der Waals surface area contributed by atoms with E-state index in [1.54, 1.807) is 6.26 Å². The Hall–Kier alpha value is -1.26. The topological polar surface area (TPSA) is 42.4 Å². The Morgan fingerprint density at radius 1 is 1.29 bits per heavy atom. The SMILES string of the molecule is CCC(N)Cc1ccc(N(CC)Cc2ccco2)cc1Br. The average Bonchev–Trinajstić information content (AvgIpc) is 2.99. The maximum Gasteiger partial charge on any atom is 0.123 e. The van der Waals surface area contributed by atoms with Crippen molar-refractivity contribution in [3.8, 4) is 0 Å². The molecule has 4 heteroatoms. The minimum Gasteiger partial charge on any atom is -0.467 e. The van der Waals surface area contributed by atoms with Crippen LogP contribution in [0.1, 0.15) is 31.6 Å². The molecule has 0 radical (unpaired) electrons. The smallest absolute Gasteiger partial charge is 0.123 e. The van der Waals surface area contributed by atoms with E-state index in [-0.39, 0.29) is 6.04 Å². The summed E-state index contributed by atoms with van der Waals surface area (Å²) >= 11 is 3.67. The number of benzene rings is 1. The molecule has 1 atom stereocenters. The van der Waals surface area contributed by atoms with Crippen LogP contribution in [0.5, 0.6) is 0 Å². The summed E-state index contributed by atoms with van der Waals surface area (Å²) < 4.78 is 6.57. The highest BCUT2D eigenvalue weighted by Crippen LogP contribution is 2.26. The number of rotatable bonds is 7. The Morgan fingerprint density at radius 3 is 2.67 bits per heavy atom. The van der Waals surface area contributed by atoms with Crippen LogP contribution in [-0.2, 0) is 13.0 Å². The first-order chi connectivity index (χ1) is 10.1. The second-order valence-electron chi connectivity index (χ2n) is 5.24. The van der Waals surface area contributed by atoms with Gasteiger partial charge in [0, 0.05) is 22.7 Å². The Balaban J connectivity index is 2.13. The fraction of sp³-hybridized carbons (Fsp3) is 0.412. The molecule has 0 aliphatic rings. The number of hydrogen-bond acceptors (Lipinski definition) is 3. The van der Waals surface area contributed by atoms with Gasteiger partial charge in [0.05, 0.1) is 12.8 Å². The van der Waals surface area contributed by atoms with Crippen molar-refractivity contribution in [2.45, 2.75) is 39.3 Å². The number of halogens is 1. The zero-order chi connectivity index (χ0) is 15.2. The fourth-order valence-corrected chi connectivity index (χ4v) is 2.83. The Labute approximate surface area is 135 Å². The molecule has 21 heavy (non-hydrogen) atoms. The second-order valence-corrected chi connectivity index (χ2v) is 6.10. The van der Waals surface area contributed by atoms with Crippen LogP contribution in [0.3, 0.4) is 0 Å². The molecule has 1 heterocycles. The first kappa shape index (κ1) is 16.1. The van der Waals surface area contributed by atoms with Crippen LogP contribution in [0.25, 0.3) is 0 Å². The van der Waals surface area contributed by atoms with E-state index in [4.69, 9.17) is 10.2 Å². The van der Waals surface area contributed by atoms with E-state index in [1.807, 2.05) is 12.1 Å². The minimum absolute atomic E-state index is 0.220. The molecule has 1 aromatic carbocycles. The van der Waals surface area contributed by atoms with Gasteiger partial charge < -0.3 is 15.1 Å². The molecule has 0 amide bonds. The fourth-order valence-electron chi connectivity index (χ4n) is 2.30. The van der Waals surface area contributed by atoms with Crippen molar-refractivity contribution in [3.05, 3.63) is 52.4 Å². The summed E-state index contributed by atoms with van der Waals surface area (Å²) in [6.45, 7) is 5.98. The van der Waals surface area contributed by atoms with Crippen molar-refractivity contribution < 1.29 is 4.42 Å². The van der Waals surface area contributed by atoms with Gasteiger partial charge in [-0.05, 0) is 49.6 Å². The van der Waals surface area contributed by atoms with Gasteiger partial charge in [0.1, 0.15) is 5.76 Å². The summed E-state index contributed by atoms with van der Waals surface area (Å²) in [5, 5.41) is 0. The summed E-state index contributed by atoms with van der Waals surface area (Å²) in [5.74, 6) is 0.977. The second kappa shape index (κ2) is 7.66. The van der Waals surface area contributed by atoms with E-state index in [9.17, 15) is 0 Å². The number of nitrogens with zero attached hydrogens (tertiary/aromatic N) is 1. The number of furan rings is 1.